The number of rotatable bonds is 0. The Kier molecular flexibility index (Phi) is 25.2. The molecule has 520 valence electrons. The number of aromatic nitrogens is 6. The van der Waals surface area contributed by atoms with Gasteiger partial charge in [-0.2, -0.15) is 0 Å². The lowest BCUT2D eigenvalue weighted by atomic mass is 10.1. The molecular weight excluding hydrogens is 1260 g/mol. The lowest BCUT2D eigenvalue weighted by Gasteiger charge is -2.15. The van der Waals surface area contributed by atoms with Crippen molar-refractivity contribution in [2.24, 2.45) is 59.9 Å². The zero-order valence-electron chi connectivity index (χ0n) is 62.8. The summed E-state index contributed by atoms with van der Waals surface area (Å²) < 4.78 is 8.62. The molecular formula is C84H94N18. The maximum atomic E-state index is 5.26. The first kappa shape index (κ1) is 74.6. The van der Waals surface area contributed by atoms with Gasteiger partial charge in [-0.1, -0.05) is 284 Å². The fourth-order valence-electron chi connectivity index (χ4n) is 12.5. The monoisotopic (exact) mass is 1350 g/mol. The highest BCUT2D eigenvalue weighted by Gasteiger charge is 2.33. The summed E-state index contributed by atoms with van der Waals surface area (Å²) in [5, 5.41) is 8.25. The highest BCUT2D eigenvalue weighted by molar-refractivity contribution is 6.31. The minimum atomic E-state index is 0.488. The molecule has 0 saturated heterocycles. The van der Waals surface area contributed by atoms with E-state index in [1.54, 1.807) is 18.6 Å². The highest BCUT2D eigenvalue weighted by Crippen LogP contribution is 2.42. The lowest BCUT2D eigenvalue weighted by molar-refractivity contribution is 0.561. The number of benzene rings is 6. The Morgan fingerprint density at radius 1 is 0.216 bits per heavy atom. The Balaban J connectivity index is 0.000000191. The van der Waals surface area contributed by atoms with Gasteiger partial charge < -0.3 is 0 Å². The topological polar surface area (TPSA) is 194 Å². The quantitative estimate of drug-likeness (QED) is 0.146. The van der Waals surface area contributed by atoms with Gasteiger partial charge in [-0.3, -0.25) is 28.2 Å². The molecule has 0 spiro atoms. The first-order valence-corrected chi connectivity index (χ1v) is 36.7. The largest absolute Gasteiger partial charge is 0.291 e. The third-order valence-electron chi connectivity index (χ3n) is 16.2. The molecule has 8 aliphatic rings. The van der Waals surface area contributed by atoms with Gasteiger partial charge in [0.15, 0.2) is 46.7 Å². The number of hydrogen-bond donors (Lipinski definition) is 0. The van der Waals surface area contributed by atoms with Crippen LogP contribution < -0.4 is 22.0 Å². The Hall–Kier alpha value is -11.7. The molecule has 12 bridgehead atoms. The van der Waals surface area contributed by atoms with E-state index in [2.05, 4.69) is 76.8 Å². The first-order chi connectivity index (χ1) is 50.6. The van der Waals surface area contributed by atoms with Gasteiger partial charge in [0, 0.05) is 101 Å². The Labute approximate surface area is 598 Å². The number of pyridine rings is 2. The third kappa shape index (κ3) is 12.9. The summed E-state index contributed by atoms with van der Waals surface area (Å²) in [6, 6.07) is 55.1. The molecule has 0 radical (unpaired) electrons. The molecule has 0 unspecified atom stereocenters. The molecule has 0 N–H and O–H groups in total. The van der Waals surface area contributed by atoms with Gasteiger partial charge in [0.25, 0.3) is 0 Å². The molecule has 18 nitrogen and oxygen atoms in total. The van der Waals surface area contributed by atoms with Crippen LogP contribution in [0.5, 0.6) is 0 Å². The van der Waals surface area contributed by atoms with Crippen molar-refractivity contribution < 1.29 is 0 Å². The van der Waals surface area contributed by atoms with Crippen LogP contribution in [0, 0.1) is 0 Å². The Bertz CT molecular complexity index is 5250. The molecule has 8 aliphatic heterocycles. The number of amidine groups is 8. The zero-order chi connectivity index (χ0) is 73.3. The van der Waals surface area contributed by atoms with Crippen molar-refractivity contribution in [2.45, 2.75) is 152 Å². The maximum Gasteiger partial charge on any atom is 0.183 e. The van der Waals surface area contributed by atoms with Crippen molar-refractivity contribution >= 4 is 113 Å². The van der Waals surface area contributed by atoms with Crippen LogP contribution in [-0.2, 0) is 13.3 Å². The smallest absolute Gasteiger partial charge is 0.183 e. The molecule has 0 fully saturated rings. The van der Waals surface area contributed by atoms with Crippen LogP contribution in [-0.4, -0.2) is 74.9 Å². The van der Waals surface area contributed by atoms with E-state index < -0.39 is 0 Å². The number of fused-ring (bicyclic) bond motifs is 28. The molecule has 14 heterocycles. The second kappa shape index (κ2) is 34.4. The predicted octanol–water partition coefficient (Wildman–Crippen LogP) is 19.1. The van der Waals surface area contributed by atoms with Crippen LogP contribution in [0.4, 0.5) is 23.3 Å². The third-order valence-corrected chi connectivity index (χ3v) is 16.2. The van der Waals surface area contributed by atoms with E-state index in [1.807, 2.05) is 254 Å². The van der Waals surface area contributed by atoms with Crippen LogP contribution >= 0.6 is 0 Å². The molecule has 20 rings (SSSR count). The molecule has 18 heteroatoms. The van der Waals surface area contributed by atoms with E-state index in [0.29, 0.717) is 65.7 Å². The molecule has 0 saturated carbocycles. The molecule has 0 atom stereocenters. The second-order valence-electron chi connectivity index (χ2n) is 20.6. The predicted molar refractivity (Wildman–Crippen MR) is 429 cm³/mol. The molecule has 102 heavy (non-hydrogen) atoms. The van der Waals surface area contributed by atoms with Gasteiger partial charge >= 0.3 is 0 Å². The normalized spacial score (nSPS) is 13.2. The van der Waals surface area contributed by atoms with Gasteiger partial charge in [-0.05, 0) is 18.2 Å². The molecule has 0 amide bonds. The summed E-state index contributed by atoms with van der Waals surface area (Å²) in [5.41, 5.74) is 10.3. The van der Waals surface area contributed by atoms with Crippen molar-refractivity contribution in [3.8, 4) is 0 Å². The van der Waals surface area contributed by atoms with Crippen LogP contribution in [0.2, 0.25) is 0 Å². The van der Waals surface area contributed by atoms with Gasteiger partial charge in [-0.15, -0.1) is 0 Å². The SMILES string of the molecule is CC.CC.CC.CC.CC.CC.CC.CC.CC.CC.c1ccc2c(c1)C1=NC2=NC2=NC(=Nc3c4ccccc4c4n3Cn3c(c5ccccc5c3=N4)=N1)c1cccnc12.c1ccc2c(c1)C1=NC3=NC(=Nc4c5ccccc5c5n4Cn4c(c6ccccc6c4=N5)=NC2=N1)c1ccncc13. The maximum absolute atomic E-state index is 5.26. The fraction of sp³-hybridized carbons (Fsp3) is 0.262. The Morgan fingerprint density at radius 3 is 0.863 bits per heavy atom. The van der Waals surface area contributed by atoms with Crippen molar-refractivity contribution in [3.63, 3.8) is 0 Å². The number of aliphatic imine (C=N–C) groups is 8. The van der Waals surface area contributed by atoms with Crippen LogP contribution in [0.1, 0.15) is 183 Å². The van der Waals surface area contributed by atoms with Gasteiger partial charge in [-0.25, -0.2) is 59.9 Å². The van der Waals surface area contributed by atoms with Crippen LogP contribution in [0.25, 0.3) is 43.1 Å². The summed E-state index contributed by atoms with van der Waals surface area (Å²) in [5.74, 6) is 7.86. The van der Waals surface area contributed by atoms with Crippen molar-refractivity contribution in [1.82, 2.24) is 28.2 Å². The zero-order valence-corrected chi connectivity index (χ0v) is 62.8. The molecule has 6 aromatic carbocycles. The van der Waals surface area contributed by atoms with E-state index in [-0.39, 0.29) is 0 Å². The first-order valence-electron chi connectivity index (χ1n) is 36.7. The summed E-state index contributed by atoms with van der Waals surface area (Å²) in [6.07, 6.45) is 5.31. The lowest BCUT2D eigenvalue weighted by Crippen LogP contribution is -2.33. The average Bonchev–Trinajstić information content (AvgIpc) is 1.57. The summed E-state index contributed by atoms with van der Waals surface area (Å²) >= 11 is 0. The standard InChI is InChI=1S/2C32H17N9.10C2H6/c1-2-9-18-17(8-1)25-34-26(18)37-29-19-10-3-5-12-21(19)31-39-32-22-13-6-4-11-20(22)30(41(32)16-40(29)31)38-27-23-14-7-15-33-24(23)28(35-25)36-27;1-2-8-18-17(7-1)25-34-26(18)37-29-20-9-3-5-11-22(20)31-39-32-23-12-6-4-10-21(23)30(41(32)16-40(29)31)38-27-19-13-14-33-15-24(19)28(35-25)36-27;10*1-2/h2*1-15H,16H2;10*1-2H3. The second-order valence-corrected chi connectivity index (χ2v) is 20.6. The van der Waals surface area contributed by atoms with E-state index in [9.17, 15) is 0 Å². The van der Waals surface area contributed by atoms with Gasteiger partial charge in [0.1, 0.15) is 64.3 Å². The van der Waals surface area contributed by atoms with Gasteiger partial charge in [0.2, 0.25) is 0 Å². The van der Waals surface area contributed by atoms with Crippen molar-refractivity contribution in [1.29, 1.82) is 0 Å². The van der Waals surface area contributed by atoms with E-state index in [1.165, 1.54) is 0 Å². The number of nitrogens with zero attached hydrogens (tertiary/aromatic N) is 18. The summed E-state index contributed by atoms with van der Waals surface area (Å²) in [4.78, 5) is 70.0. The molecule has 12 aromatic rings. The van der Waals surface area contributed by atoms with E-state index in [4.69, 9.17) is 59.9 Å². The van der Waals surface area contributed by atoms with Gasteiger partial charge in [0.05, 0.1) is 0 Å². The highest BCUT2D eigenvalue weighted by atomic mass is 15.3. The summed E-state index contributed by atoms with van der Waals surface area (Å²) in [6.45, 7) is 41.0. The molecule has 0 aliphatic carbocycles. The number of hydrogen-bond acceptors (Lipinski definition) is 14. The minimum Gasteiger partial charge on any atom is -0.291 e. The van der Waals surface area contributed by atoms with E-state index >= 15 is 0 Å². The van der Waals surface area contributed by atoms with Crippen LogP contribution in [0.3, 0.4) is 0 Å². The fourth-order valence-corrected chi connectivity index (χ4v) is 12.5. The average molecular weight is 1360 g/mol. The van der Waals surface area contributed by atoms with Crippen LogP contribution in [0.15, 0.2) is 242 Å². The molecule has 6 aromatic heterocycles. The minimum absolute atomic E-state index is 0.488. The van der Waals surface area contributed by atoms with E-state index in [0.717, 1.165) is 127 Å². The van der Waals surface area contributed by atoms with Crippen molar-refractivity contribution in [3.05, 3.63) is 249 Å². The van der Waals surface area contributed by atoms with Crippen molar-refractivity contribution in [2.75, 3.05) is 0 Å². The Morgan fingerprint density at radius 2 is 0.480 bits per heavy atom. The summed E-state index contributed by atoms with van der Waals surface area (Å²) in [7, 11) is 0.